The summed E-state index contributed by atoms with van der Waals surface area (Å²) in [5.74, 6) is 3.70. The molecule has 1 N–H and O–H groups in total. The molecule has 0 saturated heterocycles. The van der Waals surface area contributed by atoms with Gasteiger partial charge in [0, 0.05) is 24.7 Å². The van der Waals surface area contributed by atoms with Crippen LogP contribution in [0.5, 0.6) is 0 Å². The molecule has 4 rings (SSSR count). The monoisotopic (exact) mass is 388 g/mol. The van der Waals surface area contributed by atoms with Crippen molar-refractivity contribution in [3.63, 3.8) is 0 Å². The van der Waals surface area contributed by atoms with Gasteiger partial charge in [0.2, 0.25) is 0 Å². The first-order valence-corrected chi connectivity index (χ1v) is 12.0. The van der Waals surface area contributed by atoms with Gasteiger partial charge in [-0.1, -0.05) is 27.2 Å². The minimum Gasteiger partial charge on any atom is -0.393 e. The summed E-state index contributed by atoms with van der Waals surface area (Å²) in [6.07, 6.45) is 12.0. The van der Waals surface area contributed by atoms with Crippen LogP contribution in [0.2, 0.25) is 0 Å². The molecule has 0 spiro atoms. The number of carbonyl (C=O) groups is 2. The van der Waals surface area contributed by atoms with Crippen LogP contribution in [0.15, 0.2) is 0 Å². The van der Waals surface area contributed by atoms with Gasteiger partial charge < -0.3 is 5.11 Å². The van der Waals surface area contributed by atoms with E-state index in [1.54, 1.807) is 0 Å². The molecule has 158 valence electrons. The van der Waals surface area contributed by atoms with Gasteiger partial charge in [-0.25, -0.2) is 0 Å². The summed E-state index contributed by atoms with van der Waals surface area (Å²) in [6.45, 7) is 6.64. The zero-order chi connectivity index (χ0) is 20.1. The molecule has 0 aromatic rings. The van der Waals surface area contributed by atoms with E-state index in [0.29, 0.717) is 47.6 Å². The molecule has 3 heteroatoms. The number of hydrogen-bond acceptors (Lipinski definition) is 3. The van der Waals surface area contributed by atoms with Crippen molar-refractivity contribution in [1.82, 2.24) is 0 Å². The second-order valence-corrected chi connectivity index (χ2v) is 11.1. The van der Waals surface area contributed by atoms with Gasteiger partial charge in [0.25, 0.3) is 0 Å². The van der Waals surface area contributed by atoms with E-state index in [4.69, 9.17) is 0 Å². The molecule has 0 radical (unpaired) electrons. The highest BCUT2D eigenvalue weighted by Gasteiger charge is 2.61. The Labute approximate surface area is 171 Å². The third kappa shape index (κ3) is 3.20. The van der Waals surface area contributed by atoms with Gasteiger partial charge in [-0.15, -0.1) is 0 Å². The van der Waals surface area contributed by atoms with E-state index >= 15 is 0 Å². The lowest BCUT2D eigenvalue weighted by molar-refractivity contribution is -0.165. The summed E-state index contributed by atoms with van der Waals surface area (Å²) in [5.41, 5.74) is 0.137. The van der Waals surface area contributed by atoms with Crippen molar-refractivity contribution in [2.24, 2.45) is 40.4 Å². The summed E-state index contributed by atoms with van der Waals surface area (Å²) in [6, 6.07) is 0. The van der Waals surface area contributed by atoms with Gasteiger partial charge in [0.15, 0.2) is 0 Å². The van der Waals surface area contributed by atoms with Crippen LogP contribution in [0.4, 0.5) is 0 Å². The smallest absolute Gasteiger partial charge is 0.139 e. The van der Waals surface area contributed by atoms with Crippen molar-refractivity contribution in [1.29, 1.82) is 0 Å². The number of aliphatic hydroxyl groups excluding tert-OH is 1. The lowest BCUT2D eigenvalue weighted by atomic mass is 9.44. The van der Waals surface area contributed by atoms with Gasteiger partial charge in [-0.05, 0) is 86.4 Å². The summed E-state index contributed by atoms with van der Waals surface area (Å²) in [7, 11) is 0. The fourth-order valence-electron chi connectivity index (χ4n) is 8.18. The predicted octanol–water partition coefficient (Wildman–Crippen LogP) is 5.33. The number of ketones is 2. The van der Waals surface area contributed by atoms with Crippen LogP contribution in [0, 0.1) is 40.4 Å². The van der Waals surface area contributed by atoms with Crippen LogP contribution in [-0.2, 0) is 9.59 Å². The van der Waals surface area contributed by atoms with Crippen LogP contribution in [0.3, 0.4) is 0 Å². The Morgan fingerprint density at radius 2 is 1.86 bits per heavy atom. The third-order valence-electron chi connectivity index (χ3n) is 9.96. The van der Waals surface area contributed by atoms with Gasteiger partial charge in [0.05, 0.1) is 6.10 Å². The third-order valence-corrected chi connectivity index (χ3v) is 9.96. The van der Waals surface area contributed by atoms with Crippen LogP contribution in [-0.4, -0.2) is 22.8 Å². The largest absolute Gasteiger partial charge is 0.393 e. The van der Waals surface area contributed by atoms with Gasteiger partial charge in [0.1, 0.15) is 11.6 Å². The minimum absolute atomic E-state index is 0.104. The molecule has 4 fully saturated rings. The molecule has 0 heterocycles. The van der Waals surface area contributed by atoms with Crippen LogP contribution >= 0.6 is 0 Å². The van der Waals surface area contributed by atoms with Crippen molar-refractivity contribution in [2.75, 3.05) is 0 Å². The minimum atomic E-state index is -0.204. The summed E-state index contributed by atoms with van der Waals surface area (Å²) >= 11 is 0. The maximum Gasteiger partial charge on any atom is 0.139 e. The first-order valence-electron chi connectivity index (χ1n) is 12.0. The van der Waals surface area contributed by atoms with Crippen molar-refractivity contribution in [3.8, 4) is 0 Å². The number of aliphatic hydroxyl groups is 1. The van der Waals surface area contributed by atoms with E-state index in [1.807, 2.05) is 6.92 Å². The van der Waals surface area contributed by atoms with Crippen molar-refractivity contribution in [2.45, 2.75) is 104 Å². The van der Waals surface area contributed by atoms with Gasteiger partial charge in [-0.3, -0.25) is 9.59 Å². The fourth-order valence-corrected chi connectivity index (χ4v) is 8.18. The van der Waals surface area contributed by atoms with E-state index in [0.717, 1.165) is 51.4 Å². The van der Waals surface area contributed by atoms with Gasteiger partial charge >= 0.3 is 0 Å². The van der Waals surface area contributed by atoms with Crippen LogP contribution < -0.4 is 0 Å². The normalized spacial score (nSPS) is 47.9. The lowest BCUT2D eigenvalue weighted by Gasteiger charge is -2.61. The van der Waals surface area contributed by atoms with Crippen molar-refractivity contribution in [3.05, 3.63) is 0 Å². The Kier molecular flexibility index (Phi) is 5.53. The number of Topliss-reactive ketones (excluding diaryl/α,β-unsaturated/α-hetero) is 2. The molecular formula is C25H40O3. The van der Waals surface area contributed by atoms with Crippen LogP contribution in [0.1, 0.15) is 97.8 Å². The Hall–Kier alpha value is -0.700. The Morgan fingerprint density at radius 3 is 2.61 bits per heavy atom. The first-order chi connectivity index (χ1) is 13.3. The Balaban J connectivity index is 1.45. The van der Waals surface area contributed by atoms with E-state index < -0.39 is 0 Å². The Bertz CT molecular complexity index is 627. The van der Waals surface area contributed by atoms with E-state index in [9.17, 15) is 14.7 Å². The highest BCUT2D eigenvalue weighted by molar-refractivity contribution is 5.87. The maximum atomic E-state index is 12.6. The van der Waals surface area contributed by atoms with E-state index in [2.05, 4.69) is 13.8 Å². The fraction of sp³-hybridized carbons (Fsp3) is 0.920. The first kappa shape index (κ1) is 20.6. The Morgan fingerprint density at radius 1 is 1.07 bits per heavy atom. The molecule has 0 aromatic carbocycles. The lowest BCUT2D eigenvalue weighted by Crippen LogP contribution is -2.57. The molecule has 0 aromatic heterocycles. The molecule has 0 bridgehead atoms. The number of fused-ring (bicyclic) bond motifs is 5. The second-order valence-electron chi connectivity index (χ2n) is 11.1. The second kappa shape index (κ2) is 7.52. The summed E-state index contributed by atoms with van der Waals surface area (Å²) < 4.78 is 0. The molecule has 0 amide bonds. The number of hydrogen-bond donors (Lipinski definition) is 1. The zero-order valence-electron chi connectivity index (χ0n) is 18.2. The average molecular weight is 389 g/mol. The van der Waals surface area contributed by atoms with Gasteiger partial charge in [-0.2, -0.15) is 0 Å². The zero-order valence-corrected chi connectivity index (χ0v) is 18.2. The summed E-state index contributed by atoms with van der Waals surface area (Å²) in [5, 5.41) is 11.2. The molecular weight excluding hydrogens is 348 g/mol. The van der Waals surface area contributed by atoms with Crippen molar-refractivity contribution >= 4 is 11.6 Å². The SMILES string of the molecule is CCC(=O)CCC[C@H]1CC[C@]2(C)C3CC[C@]4(C)C(=O)CCC4C3C[C@@H](O)C2C1. The average Bonchev–Trinajstić information content (AvgIpc) is 2.97. The maximum absolute atomic E-state index is 12.6. The van der Waals surface area contributed by atoms with E-state index in [1.165, 1.54) is 19.3 Å². The number of rotatable bonds is 5. The highest BCUT2D eigenvalue weighted by Crippen LogP contribution is 2.66. The molecule has 8 atom stereocenters. The quantitative estimate of drug-likeness (QED) is 0.692. The standard InChI is InChI=1S/C25H40O3/c1-4-17(26)7-5-6-16-10-12-24(2)20-11-13-25(3)19(8-9-23(25)28)18(20)15-22(27)21(24)14-16/h16,18-22,27H,4-15H2,1-3H3/t16-,18?,19?,20?,21?,22+,24+,25-/m0/s1. The molecule has 4 aliphatic carbocycles. The molecule has 4 unspecified atom stereocenters. The molecule has 4 aliphatic rings. The van der Waals surface area contributed by atoms with Crippen molar-refractivity contribution < 1.29 is 14.7 Å². The summed E-state index contributed by atoms with van der Waals surface area (Å²) in [4.78, 5) is 24.2. The topological polar surface area (TPSA) is 54.4 Å². The molecule has 0 aliphatic heterocycles. The predicted molar refractivity (Wildman–Crippen MR) is 111 cm³/mol. The van der Waals surface area contributed by atoms with Crippen LogP contribution in [0.25, 0.3) is 0 Å². The number of carbonyl (C=O) groups excluding carboxylic acids is 2. The molecule has 4 saturated carbocycles. The highest BCUT2D eigenvalue weighted by atomic mass is 16.3. The molecule has 28 heavy (non-hydrogen) atoms. The molecule has 3 nitrogen and oxygen atoms in total. The van der Waals surface area contributed by atoms with E-state index in [-0.39, 0.29) is 16.9 Å².